The van der Waals surface area contributed by atoms with Crippen LogP contribution in [0.5, 0.6) is 17.2 Å². The van der Waals surface area contributed by atoms with Crippen molar-refractivity contribution in [1.82, 2.24) is 15.5 Å². The molecule has 0 saturated carbocycles. The van der Waals surface area contributed by atoms with Crippen LogP contribution >= 0.6 is 24.0 Å². The molecular formula is C21H37IN4O4. The van der Waals surface area contributed by atoms with E-state index in [1.165, 1.54) is 0 Å². The predicted molar refractivity (Wildman–Crippen MR) is 131 cm³/mol. The van der Waals surface area contributed by atoms with Crippen molar-refractivity contribution in [2.24, 2.45) is 4.99 Å². The van der Waals surface area contributed by atoms with Gasteiger partial charge in [-0.3, -0.25) is 9.89 Å². The molecule has 30 heavy (non-hydrogen) atoms. The predicted octanol–water partition coefficient (Wildman–Crippen LogP) is 2.15. The Morgan fingerprint density at radius 3 is 2.30 bits per heavy atom. The largest absolute Gasteiger partial charge is 0.493 e. The Labute approximate surface area is 197 Å². The van der Waals surface area contributed by atoms with E-state index in [0.717, 1.165) is 50.8 Å². The number of ether oxygens (including phenoxy) is 4. The van der Waals surface area contributed by atoms with Gasteiger partial charge < -0.3 is 29.6 Å². The van der Waals surface area contributed by atoms with Crippen LogP contribution in [0, 0.1) is 0 Å². The Morgan fingerprint density at radius 1 is 1.07 bits per heavy atom. The number of methoxy groups -OCH3 is 3. The Kier molecular flexibility index (Phi) is 11.6. The lowest BCUT2D eigenvalue weighted by Crippen LogP contribution is -2.56. The quantitative estimate of drug-likeness (QED) is 0.285. The molecule has 1 aromatic rings. The van der Waals surface area contributed by atoms with Gasteiger partial charge in [-0.25, -0.2) is 0 Å². The summed E-state index contributed by atoms with van der Waals surface area (Å²) in [6, 6.07) is 3.90. The van der Waals surface area contributed by atoms with Crippen molar-refractivity contribution in [1.29, 1.82) is 0 Å². The lowest BCUT2D eigenvalue weighted by Gasteiger charge is -2.41. The van der Waals surface area contributed by atoms with Gasteiger partial charge in [0.1, 0.15) is 0 Å². The van der Waals surface area contributed by atoms with Gasteiger partial charge in [0.2, 0.25) is 5.75 Å². The fraction of sp³-hybridized carbons (Fsp3) is 0.667. The number of benzene rings is 1. The normalized spacial score (nSPS) is 15.2. The summed E-state index contributed by atoms with van der Waals surface area (Å²) in [6.07, 6.45) is 0.761. The minimum atomic E-state index is 0. The summed E-state index contributed by atoms with van der Waals surface area (Å²) in [6.45, 7) is 9.50. The second kappa shape index (κ2) is 13.1. The van der Waals surface area contributed by atoms with Crippen molar-refractivity contribution in [2.45, 2.75) is 25.8 Å². The topological polar surface area (TPSA) is 76.6 Å². The molecule has 1 fully saturated rings. The number of halogens is 1. The summed E-state index contributed by atoms with van der Waals surface area (Å²) in [7, 11) is 6.66. The van der Waals surface area contributed by atoms with Crippen LogP contribution in [0.1, 0.15) is 19.4 Å². The molecule has 9 heteroatoms. The highest BCUT2D eigenvalue weighted by Gasteiger charge is 2.28. The van der Waals surface area contributed by atoms with Gasteiger partial charge in [0.05, 0.1) is 34.5 Å². The van der Waals surface area contributed by atoms with Crippen LogP contribution in [0.25, 0.3) is 0 Å². The highest BCUT2D eigenvalue weighted by atomic mass is 127. The first-order chi connectivity index (χ1) is 14.0. The zero-order chi connectivity index (χ0) is 21.3. The second-order valence-electron chi connectivity index (χ2n) is 7.51. The van der Waals surface area contributed by atoms with Crippen LogP contribution in [0.2, 0.25) is 0 Å². The zero-order valence-electron chi connectivity index (χ0n) is 19.0. The molecule has 1 aliphatic rings. The Hall–Kier alpha value is -1.46. The molecule has 0 spiro atoms. The summed E-state index contributed by atoms with van der Waals surface area (Å²) >= 11 is 0. The van der Waals surface area contributed by atoms with E-state index < -0.39 is 0 Å². The average Bonchev–Trinajstić information content (AvgIpc) is 2.75. The van der Waals surface area contributed by atoms with Crippen molar-refractivity contribution in [2.75, 3.05) is 67.8 Å². The molecule has 0 aromatic heterocycles. The molecule has 0 unspecified atom stereocenters. The monoisotopic (exact) mass is 536 g/mol. The van der Waals surface area contributed by atoms with Crippen LogP contribution in [-0.2, 0) is 11.2 Å². The van der Waals surface area contributed by atoms with E-state index in [0.29, 0.717) is 23.8 Å². The van der Waals surface area contributed by atoms with Gasteiger partial charge in [0.25, 0.3) is 0 Å². The molecule has 172 valence electrons. The lowest BCUT2D eigenvalue weighted by molar-refractivity contribution is -0.00833. The number of aliphatic imine (C=N–C) groups is 1. The summed E-state index contributed by atoms with van der Waals surface area (Å²) < 4.78 is 21.8. The first-order valence-electron chi connectivity index (χ1n) is 10.0. The van der Waals surface area contributed by atoms with E-state index in [9.17, 15) is 0 Å². The molecule has 2 N–H and O–H groups in total. The Morgan fingerprint density at radius 2 is 1.73 bits per heavy atom. The van der Waals surface area contributed by atoms with Crippen molar-refractivity contribution in [3.05, 3.63) is 17.7 Å². The molecule has 1 heterocycles. The molecule has 1 aliphatic heterocycles. The minimum Gasteiger partial charge on any atom is -0.493 e. The van der Waals surface area contributed by atoms with Crippen molar-refractivity contribution < 1.29 is 18.9 Å². The molecule has 0 radical (unpaired) electrons. The fourth-order valence-corrected chi connectivity index (χ4v) is 3.48. The molecule has 1 saturated heterocycles. The average molecular weight is 536 g/mol. The van der Waals surface area contributed by atoms with E-state index in [1.807, 2.05) is 12.1 Å². The highest BCUT2D eigenvalue weighted by Crippen LogP contribution is 2.39. The van der Waals surface area contributed by atoms with Gasteiger partial charge >= 0.3 is 0 Å². The number of morpholine rings is 1. The first-order valence-corrected chi connectivity index (χ1v) is 10.0. The van der Waals surface area contributed by atoms with Gasteiger partial charge in [0, 0.05) is 44.3 Å². The van der Waals surface area contributed by atoms with Gasteiger partial charge in [0.15, 0.2) is 17.5 Å². The maximum atomic E-state index is 5.56. The van der Waals surface area contributed by atoms with Gasteiger partial charge in [-0.2, -0.15) is 0 Å². The SMILES string of the molecule is CN=C(NCCc1ccc(OC)c(OC)c1OC)NCC(C)(C)N1CCOCC1.I. The Balaban J connectivity index is 0.00000450. The van der Waals surface area contributed by atoms with Crippen LogP contribution in [-0.4, -0.2) is 84.2 Å². The summed E-state index contributed by atoms with van der Waals surface area (Å²) in [5, 5.41) is 6.82. The van der Waals surface area contributed by atoms with E-state index >= 15 is 0 Å². The maximum absolute atomic E-state index is 5.56. The third-order valence-electron chi connectivity index (χ3n) is 5.25. The third-order valence-corrected chi connectivity index (χ3v) is 5.25. The second-order valence-corrected chi connectivity index (χ2v) is 7.51. The number of hydrogen-bond donors (Lipinski definition) is 2. The smallest absolute Gasteiger partial charge is 0.203 e. The van der Waals surface area contributed by atoms with Crippen molar-refractivity contribution >= 4 is 29.9 Å². The van der Waals surface area contributed by atoms with Gasteiger partial charge in [-0.1, -0.05) is 6.07 Å². The van der Waals surface area contributed by atoms with E-state index in [1.54, 1.807) is 28.4 Å². The van der Waals surface area contributed by atoms with E-state index in [-0.39, 0.29) is 29.5 Å². The minimum absolute atomic E-state index is 0. The summed E-state index contributed by atoms with van der Waals surface area (Å²) in [5.74, 6) is 2.75. The third kappa shape index (κ3) is 7.05. The summed E-state index contributed by atoms with van der Waals surface area (Å²) in [5.41, 5.74) is 1.07. The maximum Gasteiger partial charge on any atom is 0.203 e. The molecule has 1 aromatic carbocycles. The molecule has 0 amide bonds. The molecule has 0 atom stereocenters. The number of nitrogens with one attached hydrogen (secondary N) is 2. The van der Waals surface area contributed by atoms with Crippen molar-refractivity contribution in [3.8, 4) is 17.2 Å². The lowest BCUT2D eigenvalue weighted by atomic mass is 10.0. The number of nitrogens with zero attached hydrogens (tertiary/aromatic N) is 2. The molecule has 8 nitrogen and oxygen atoms in total. The van der Waals surface area contributed by atoms with Crippen LogP contribution in [0.4, 0.5) is 0 Å². The number of guanidine groups is 1. The molecular weight excluding hydrogens is 499 g/mol. The number of rotatable bonds is 9. The van der Waals surface area contributed by atoms with Crippen LogP contribution in [0.3, 0.4) is 0 Å². The molecule has 0 aliphatic carbocycles. The van der Waals surface area contributed by atoms with Crippen LogP contribution < -0.4 is 24.8 Å². The van der Waals surface area contributed by atoms with Crippen LogP contribution in [0.15, 0.2) is 17.1 Å². The highest BCUT2D eigenvalue weighted by molar-refractivity contribution is 14.0. The van der Waals surface area contributed by atoms with Gasteiger partial charge in [-0.05, 0) is 26.3 Å². The fourth-order valence-electron chi connectivity index (χ4n) is 3.48. The Bertz CT molecular complexity index is 679. The number of hydrogen-bond acceptors (Lipinski definition) is 6. The first kappa shape index (κ1) is 26.6. The molecule has 2 rings (SSSR count). The summed E-state index contributed by atoms with van der Waals surface area (Å²) in [4.78, 5) is 6.80. The van der Waals surface area contributed by atoms with E-state index in [4.69, 9.17) is 18.9 Å². The zero-order valence-corrected chi connectivity index (χ0v) is 21.4. The molecule has 0 bridgehead atoms. The van der Waals surface area contributed by atoms with E-state index in [2.05, 4.69) is 34.4 Å². The van der Waals surface area contributed by atoms with Crippen molar-refractivity contribution in [3.63, 3.8) is 0 Å². The van der Waals surface area contributed by atoms with Gasteiger partial charge in [-0.15, -0.1) is 24.0 Å². The standard InChI is InChI=1S/C21H36N4O4.HI/c1-21(2,25-11-13-29-14-12-25)15-24-20(22-3)23-10-9-16-7-8-17(26-4)19(28-6)18(16)27-5;/h7-8H,9-15H2,1-6H3,(H2,22,23,24);1H.